The van der Waals surface area contributed by atoms with Crippen LogP contribution >= 0.6 is 0 Å². The van der Waals surface area contributed by atoms with Crippen molar-refractivity contribution in [2.24, 2.45) is 0 Å². The molecule has 1 rings (SSSR count). The van der Waals surface area contributed by atoms with Gasteiger partial charge in [-0.2, -0.15) is 0 Å². The van der Waals surface area contributed by atoms with Crippen LogP contribution in [0, 0.1) is 11.6 Å². The number of benzene rings is 1. The van der Waals surface area contributed by atoms with Crippen LogP contribution in [0.15, 0.2) is 18.2 Å². The summed E-state index contributed by atoms with van der Waals surface area (Å²) < 4.78 is 31.4. The third-order valence-corrected chi connectivity index (χ3v) is 3.73. The number of halogens is 2. The fraction of sp³-hybridized carbons (Fsp3) is 0.455. The highest BCUT2D eigenvalue weighted by molar-refractivity contribution is 6.26. The van der Waals surface area contributed by atoms with Crippen molar-refractivity contribution in [2.45, 2.75) is 32.4 Å². The van der Waals surface area contributed by atoms with Crippen LogP contribution < -0.4 is 0 Å². The van der Waals surface area contributed by atoms with Crippen molar-refractivity contribution >= 4 is 9.76 Å². The molecule has 0 N–H and O–H groups in total. The van der Waals surface area contributed by atoms with Gasteiger partial charge in [-0.05, 0) is 38.4 Å². The first kappa shape index (κ1) is 12.3. The zero-order valence-corrected chi connectivity index (χ0v) is 10.7. The lowest BCUT2D eigenvalue weighted by Gasteiger charge is -2.19. The van der Waals surface area contributed by atoms with Gasteiger partial charge in [0.2, 0.25) is 0 Å². The number of hydrogen-bond acceptors (Lipinski definition) is 1. The Morgan fingerprint density at radius 3 is 2.47 bits per heavy atom. The summed E-state index contributed by atoms with van der Waals surface area (Å²) in [7, 11) is -0.787. The third-order valence-electron chi connectivity index (χ3n) is 1.92. The largest absolute Gasteiger partial charge is 0.419 e. The van der Waals surface area contributed by atoms with Gasteiger partial charge >= 0.3 is 0 Å². The van der Waals surface area contributed by atoms with Gasteiger partial charge in [0.15, 0.2) is 9.76 Å². The average Bonchev–Trinajstić information content (AvgIpc) is 2.07. The van der Waals surface area contributed by atoms with E-state index in [2.05, 4.69) is 0 Å². The van der Waals surface area contributed by atoms with Gasteiger partial charge in [-0.15, -0.1) is 0 Å². The van der Waals surface area contributed by atoms with Crippen molar-refractivity contribution in [3.05, 3.63) is 35.4 Å². The molecule has 0 radical (unpaired) electrons. The van der Waals surface area contributed by atoms with Crippen molar-refractivity contribution in [2.75, 3.05) is 0 Å². The monoisotopic (exact) mass is 230 g/mol. The maximum atomic E-state index is 13.2. The number of hydrogen-bond donors (Lipinski definition) is 0. The second kappa shape index (κ2) is 4.85. The normalized spacial score (nSPS) is 12.6. The van der Waals surface area contributed by atoms with E-state index in [4.69, 9.17) is 4.43 Å². The van der Waals surface area contributed by atoms with Crippen molar-refractivity contribution in [1.82, 2.24) is 0 Å². The summed E-state index contributed by atoms with van der Waals surface area (Å²) in [4.78, 5) is 0. The second-order valence-corrected chi connectivity index (χ2v) is 5.64. The van der Waals surface area contributed by atoms with E-state index in [9.17, 15) is 8.78 Å². The fourth-order valence-corrected chi connectivity index (χ4v) is 2.53. The molecule has 1 aromatic rings. The molecule has 84 valence electrons. The lowest BCUT2D eigenvalue weighted by Crippen LogP contribution is -2.23. The first-order valence-electron chi connectivity index (χ1n) is 4.96. The minimum atomic E-state index is -0.787. The highest BCUT2D eigenvalue weighted by atomic mass is 28.2. The predicted molar refractivity (Wildman–Crippen MR) is 59.4 cm³/mol. The summed E-state index contributed by atoms with van der Waals surface area (Å²) in [6.45, 7) is 5.92. The van der Waals surface area contributed by atoms with Crippen LogP contribution in [0.3, 0.4) is 0 Å². The van der Waals surface area contributed by atoms with E-state index in [0.29, 0.717) is 11.6 Å². The van der Waals surface area contributed by atoms with Crippen molar-refractivity contribution < 1.29 is 13.2 Å². The van der Waals surface area contributed by atoms with Gasteiger partial charge in [0, 0.05) is 11.7 Å². The zero-order valence-electron chi connectivity index (χ0n) is 9.31. The van der Waals surface area contributed by atoms with Crippen LogP contribution in [0.1, 0.15) is 26.3 Å². The number of rotatable bonds is 3. The first-order valence-corrected chi connectivity index (χ1v) is 6.54. The summed E-state index contributed by atoms with van der Waals surface area (Å²) in [5.74, 6) is -1.00. The van der Waals surface area contributed by atoms with E-state index in [1.54, 1.807) is 0 Å². The minimum absolute atomic E-state index is 0.164. The zero-order chi connectivity index (χ0) is 11.5. The molecule has 15 heavy (non-hydrogen) atoms. The molecule has 0 fully saturated rings. The van der Waals surface area contributed by atoms with Crippen molar-refractivity contribution in [1.29, 1.82) is 0 Å². The van der Waals surface area contributed by atoms with E-state index >= 15 is 0 Å². The van der Waals surface area contributed by atoms with Gasteiger partial charge in [-0.3, -0.25) is 0 Å². The fourth-order valence-electron chi connectivity index (χ4n) is 1.19. The Morgan fingerprint density at radius 2 is 1.93 bits per heavy atom. The van der Waals surface area contributed by atoms with Gasteiger partial charge in [0.05, 0.1) is 0 Å². The van der Waals surface area contributed by atoms with Crippen LogP contribution in [-0.2, 0) is 10.5 Å². The molecule has 0 unspecified atom stereocenters. The van der Waals surface area contributed by atoms with E-state index in [-0.39, 0.29) is 5.60 Å². The van der Waals surface area contributed by atoms with E-state index in [0.717, 1.165) is 6.07 Å². The van der Waals surface area contributed by atoms with Crippen LogP contribution in [0.25, 0.3) is 0 Å². The van der Waals surface area contributed by atoms with Gasteiger partial charge in [0.25, 0.3) is 0 Å². The minimum Gasteiger partial charge on any atom is -0.419 e. The maximum absolute atomic E-state index is 13.2. The Bertz CT molecular complexity index is 334. The molecular weight excluding hydrogens is 214 g/mol. The molecule has 0 spiro atoms. The maximum Gasteiger partial charge on any atom is 0.166 e. The molecular formula is C11H16F2OSi. The molecule has 4 heteroatoms. The molecule has 0 amide bonds. The van der Waals surface area contributed by atoms with Crippen molar-refractivity contribution in [3.63, 3.8) is 0 Å². The van der Waals surface area contributed by atoms with Crippen LogP contribution in [0.5, 0.6) is 0 Å². The summed E-state index contributed by atoms with van der Waals surface area (Å²) in [6.07, 6.45) is 0. The summed E-state index contributed by atoms with van der Waals surface area (Å²) in [5.41, 5.74) is 0.384. The van der Waals surface area contributed by atoms with E-state index < -0.39 is 21.4 Å². The Morgan fingerprint density at radius 1 is 1.27 bits per heavy atom. The highest BCUT2D eigenvalue weighted by Crippen LogP contribution is 2.11. The standard InChI is InChI=1S/C11H16F2OSi/c1-11(2,3)14-15-7-8-4-5-9(12)6-10(8)13/h4-6H,7,15H2,1-3H3. The molecule has 0 aromatic heterocycles. The van der Waals surface area contributed by atoms with Gasteiger partial charge in [0.1, 0.15) is 11.6 Å². The van der Waals surface area contributed by atoms with E-state index in [1.165, 1.54) is 12.1 Å². The Hall–Kier alpha value is -0.743. The molecule has 0 bridgehead atoms. The Labute approximate surface area is 91.4 Å². The predicted octanol–water partition coefficient (Wildman–Crippen LogP) is 2.36. The molecule has 0 heterocycles. The second-order valence-electron chi connectivity index (χ2n) is 4.45. The lowest BCUT2D eigenvalue weighted by molar-refractivity contribution is 0.138. The molecule has 1 nitrogen and oxygen atoms in total. The highest BCUT2D eigenvalue weighted by Gasteiger charge is 2.10. The molecule has 0 atom stereocenters. The van der Waals surface area contributed by atoms with Crippen LogP contribution in [-0.4, -0.2) is 15.4 Å². The average molecular weight is 230 g/mol. The van der Waals surface area contributed by atoms with Gasteiger partial charge in [-0.25, -0.2) is 8.78 Å². The third kappa shape index (κ3) is 4.53. The summed E-state index contributed by atoms with van der Waals surface area (Å²) >= 11 is 0. The van der Waals surface area contributed by atoms with Crippen LogP contribution in [0.4, 0.5) is 8.78 Å². The SMILES string of the molecule is CC(C)(C)O[SiH2]Cc1ccc(F)cc1F. The van der Waals surface area contributed by atoms with E-state index in [1.807, 2.05) is 20.8 Å². The lowest BCUT2D eigenvalue weighted by atomic mass is 10.2. The summed E-state index contributed by atoms with van der Waals surface area (Å²) in [6, 6.07) is 4.29. The molecule has 0 aliphatic heterocycles. The Balaban J connectivity index is 2.51. The quantitative estimate of drug-likeness (QED) is 0.724. The topological polar surface area (TPSA) is 9.23 Å². The molecule has 0 saturated heterocycles. The van der Waals surface area contributed by atoms with Gasteiger partial charge in [-0.1, -0.05) is 6.07 Å². The smallest absolute Gasteiger partial charge is 0.166 e. The summed E-state index contributed by atoms with van der Waals surface area (Å²) in [5, 5.41) is 0. The van der Waals surface area contributed by atoms with Crippen LogP contribution in [0.2, 0.25) is 0 Å². The van der Waals surface area contributed by atoms with Gasteiger partial charge < -0.3 is 4.43 Å². The molecule has 0 aliphatic rings. The molecule has 0 aliphatic carbocycles. The van der Waals surface area contributed by atoms with Crippen molar-refractivity contribution in [3.8, 4) is 0 Å². The molecule has 0 saturated carbocycles. The molecule has 1 aromatic carbocycles. The Kier molecular flexibility index (Phi) is 3.99. The first-order chi connectivity index (χ1) is 6.88.